The topological polar surface area (TPSA) is 44.7 Å². The molecule has 2 atom stereocenters. The summed E-state index contributed by atoms with van der Waals surface area (Å²) in [6.45, 7) is 10.0. The molecule has 1 fully saturated rings. The van der Waals surface area contributed by atoms with Crippen LogP contribution in [0.5, 0.6) is 0 Å². The van der Waals surface area contributed by atoms with E-state index >= 15 is 0 Å². The summed E-state index contributed by atoms with van der Waals surface area (Å²) in [6, 6.07) is 0. The molecule has 2 unspecified atom stereocenters. The Morgan fingerprint density at radius 2 is 2.20 bits per heavy atom. The van der Waals surface area contributed by atoms with Crippen LogP contribution in [0.4, 0.5) is 0 Å². The van der Waals surface area contributed by atoms with Crippen molar-refractivity contribution in [1.82, 2.24) is 10.2 Å². The summed E-state index contributed by atoms with van der Waals surface area (Å²) in [5.74, 6) is 0.730. The molecule has 0 saturated carbocycles. The summed E-state index contributed by atoms with van der Waals surface area (Å²) in [4.78, 5) is 2.56. The maximum Gasteiger partial charge on any atom is 0.0610 e. The van der Waals surface area contributed by atoms with Crippen molar-refractivity contribution in [3.63, 3.8) is 0 Å². The van der Waals surface area contributed by atoms with Crippen molar-refractivity contribution >= 4 is 0 Å². The molecule has 0 amide bonds. The van der Waals surface area contributed by atoms with Crippen molar-refractivity contribution in [2.24, 2.45) is 5.92 Å². The molecule has 0 aliphatic carbocycles. The summed E-state index contributed by atoms with van der Waals surface area (Å²) in [5, 5.41) is 13.0. The highest BCUT2D eigenvalue weighted by Crippen LogP contribution is 2.18. The Morgan fingerprint density at radius 3 is 2.85 bits per heavy atom. The van der Waals surface area contributed by atoms with Gasteiger partial charge in [-0.15, -0.1) is 0 Å². The van der Waals surface area contributed by atoms with Crippen molar-refractivity contribution in [2.75, 3.05) is 46.5 Å². The van der Waals surface area contributed by atoms with Gasteiger partial charge < -0.3 is 20.1 Å². The Balaban J connectivity index is 2.11. The second-order valence-electron chi connectivity index (χ2n) is 6.51. The molecule has 1 heterocycles. The molecule has 0 aromatic rings. The third-order valence-electron chi connectivity index (χ3n) is 4.38. The average Bonchev–Trinajstić information content (AvgIpc) is 2.89. The zero-order chi connectivity index (χ0) is 14.8. The minimum atomic E-state index is -0.0976. The predicted octanol–water partition coefficient (Wildman–Crippen LogP) is 1.88. The summed E-state index contributed by atoms with van der Waals surface area (Å²) in [5.41, 5.74) is -0.0976. The zero-order valence-corrected chi connectivity index (χ0v) is 13.7. The van der Waals surface area contributed by atoms with Gasteiger partial charge in [-0.05, 0) is 58.2 Å². The van der Waals surface area contributed by atoms with Crippen molar-refractivity contribution in [1.29, 1.82) is 0 Å². The van der Waals surface area contributed by atoms with E-state index in [9.17, 15) is 5.11 Å². The lowest BCUT2D eigenvalue weighted by molar-refractivity contribution is 0.151. The summed E-state index contributed by atoms with van der Waals surface area (Å²) in [6.07, 6.45) is 5.85. The third-order valence-corrected chi connectivity index (χ3v) is 4.38. The molecule has 120 valence electrons. The van der Waals surface area contributed by atoms with Crippen LogP contribution in [0.2, 0.25) is 0 Å². The monoisotopic (exact) mass is 286 g/mol. The Labute approximate surface area is 124 Å². The number of ether oxygens (including phenoxy) is 1. The van der Waals surface area contributed by atoms with Crippen LogP contribution < -0.4 is 5.32 Å². The van der Waals surface area contributed by atoms with Crippen molar-refractivity contribution in [3.8, 4) is 0 Å². The van der Waals surface area contributed by atoms with Crippen LogP contribution in [0.3, 0.4) is 0 Å². The highest BCUT2D eigenvalue weighted by Gasteiger charge is 2.23. The molecule has 0 radical (unpaired) electrons. The van der Waals surface area contributed by atoms with E-state index in [1.165, 1.54) is 38.9 Å². The first-order valence-corrected chi connectivity index (χ1v) is 8.20. The number of unbranched alkanes of at least 4 members (excludes halogenated alkanes) is 1. The number of aliphatic hydroxyl groups excluding tert-OH is 1. The molecule has 1 rings (SSSR count). The molecule has 1 aliphatic rings. The molecule has 20 heavy (non-hydrogen) atoms. The summed E-state index contributed by atoms with van der Waals surface area (Å²) in [7, 11) is 1.79. The molecule has 2 N–H and O–H groups in total. The lowest BCUT2D eigenvalue weighted by Crippen LogP contribution is -2.46. The molecule has 0 bridgehead atoms. The van der Waals surface area contributed by atoms with Gasteiger partial charge >= 0.3 is 0 Å². The number of methoxy groups -OCH3 is 1. The number of rotatable bonds is 11. The quantitative estimate of drug-likeness (QED) is 0.569. The average molecular weight is 286 g/mol. The fourth-order valence-electron chi connectivity index (χ4n) is 2.99. The van der Waals surface area contributed by atoms with Crippen LogP contribution >= 0.6 is 0 Å². The second-order valence-corrected chi connectivity index (χ2v) is 6.51. The maximum atomic E-state index is 9.53. The second kappa shape index (κ2) is 9.72. The standard InChI is InChI=1S/C16H34N2O2/c1-4-9-17-16(2,14-19)8-5-6-10-18-11-7-15(12-18)13-20-3/h15,17,19H,4-14H2,1-3H3. The van der Waals surface area contributed by atoms with Gasteiger partial charge in [-0.25, -0.2) is 0 Å². The van der Waals surface area contributed by atoms with Gasteiger partial charge in [0.15, 0.2) is 0 Å². The SMILES string of the molecule is CCCNC(C)(CO)CCCCN1CCC(COC)C1. The summed E-state index contributed by atoms with van der Waals surface area (Å²) >= 11 is 0. The Hall–Kier alpha value is -0.160. The minimum absolute atomic E-state index is 0.0976. The Kier molecular flexibility index (Phi) is 8.69. The van der Waals surface area contributed by atoms with E-state index in [0.717, 1.165) is 31.9 Å². The van der Waals surface area contributed by atoms with E-state index in [1.54, 1.807) is 7.11 Å². The molecule has 0 aromatic carbocycles. The van der Waals surface area contributed by atoms with E-state index in [2.05, 4.69) is 24.1 Å². The molecular formula is C16H34N2O2. The van der Waals surface area contributed by atoms with Crippen LogP contribution in [0.25, 0.3) is 0 Å². The van der Waals surface area contributed by atoms with Gasteiger partial charge in [0.05, 0.1) is 13.2 Å². The minimum Gasteiger partial charge on any atom is -0.394 e. The molecule has 1 aliphatic heterocycles. The predicted molar refractivity (Wildman–Crippen MR) is 84.1 cm³/mol. The zero-order valence-electron chi connectivity index (χ0n) is 13.7. The molecule has 0 aromatic heterocycles. The maximum absolute atomic E-state index is 9.53. The normalized spacial score (nSPS) is 23.1. The number of hydrogen-bond acceptors (Lipinski definition) is 4. The van der Waals surface area contributed by atoms with Gasteiger partial charge in [-0.1, -0.05) is 13.3 Å². The number of aliphatic hydroxyl groups is 1. The first-order valence-electron chi connectivity index (χ1n) is 8.20. The number of likely N-dealkylation sites (tertiary alicyclic amines) is 1. The van der Waals surface area contributed by atoms with E-state index in [-0.39, 0.29) is 12.1 Å². The molecular weight excluding hydrogens is 252 g/mol. The van der Waals surface area contributed by atoms with Crippen LogP contribution in [-0.2, 0) is 4.74 Å². The van der Waals surface area contributed by atoms with Crippen LogP contribution in [0, 0.1) is 5.92 Å². The van der Waals surface area contributed by atoms with Crippen molar-refractivity contribution < 1.29 is 9.84 Å². The molecule has 0 spiro atoms. The Bertz CT molecular complexity index is 251. The first kappa shape index (κ1) is 17.9. The summed E-state index contributed by atoms with van der Waals surface area (Å²) < 4.78 is 5.23. The van der Waals surface area contributed by atoms with E-state index < -0.39 is 0 Å². The van der Waals surface area contributed by atoms with Crippen LogP contribution in [-0.4, -0.2) is 62.0 Å². The van der Waals surface area contributed by atoms with Gasteiger partial charge in [0, 0.05) is 19.2 Å². The van der Waals surface area contributed by atoms with Gasteiger partial charge in [-0.3, -0.25) is 0 Å². The highest BCUT2D eigenvalue weighted by molar-refractivity contribution is 4.82. The van der Waals surface area contributed by atoms with Crippen LogP contribution in [0.1, 0.15) is 46.0 Å². The van der Waals surface area contributed by atoms with Gasteiger partial charge in [0.2, 0.25) is 0 Å². The van der Waals surface area contributed by atoms with Crippen molar-refractivity contribution in [2.45, 2.75) is 51.5 Å². The number of nitrogens with zero attached hydrogens (tertiary/aromatic N) is 1. The van der Waals surface area contributed by atoms with E-state index in [4.69, 9.17) is 4.74 Å². The lowest BCUT2D eigenvalue weighted by Gasteiger charge is -2.29. The molecule has 4 heteroatoms. The number of hydrogen-bond donors (Lipinski definition) is 2. The van der Waals surface area contributed by atoms with Gasteiger partial charge in [0.1, 0.15) is 0 Å². The van der Waals surface area contributed by atoms with Crippen LogP contribution in [0.15, 0.2) is 0 Å². The largest absolute Gasteiger partial charge is 0.394 e. The van der Waals surface area contributed by atoms with Gasteiger partial charge in [-0.2, -0.15) is 0 Å². The fraction of sp³-hybridized carbons (Fsp3) is 1.00. The Morgan fingerprint density at radius 1 is 1.40 bits per heavy atom. The fourth-order valence-corrected chi connectivity index (χ4v) is 2.99. The van der Waals surface area contributed by atoms with E-state index in [1.807, 2.05) is 0 Å². The number of nitrogens with one attached hydrogen (secondary N) is 1. The van der Waals surface area contributed by atoms with E-state index in [0.29, 0.717) is 0 Å². The van der Waals surface area contributed by atoms with Crippen molar-refractivity contribution in [3.05, 3.63) is 0 Å². The smallest absolute Gasteiger partial charge is 0.0610 e. The highest BCUT2D eigenvalue weighted by atomic mass is 16.5. The van der Waals surface area contributed by atoms with Gasteiger partial charge in [0.25, 0.3) is 0 Å². The molecule has 1 saturated heterocycles. The molecule has 4 nitrogen and oxygen atoms in total. The third kappa shape index (κ3) is 6.53. The lowest BCUT2D eigenvalue weighted by atomic mass is 9.95. The first-order chi connectivity index (χ1) is 9.63.